The Bertz CT molecular complexity index is 707. The number of alkyl halides is 3. The number of rotatable bonds is 2. The van der Waals surface area contributed by atoms with Gasteiger partial charge < -0.3 is 14.8 Å². The lowest BCUT2D eigenvalue weighted by Crippen LogP contribution is -2.53. The number of fused-ring (bicyclic) bond motifs is 1. The zero-order chi connectivity index (χ0) is 19.0. The van der Waals surface area contributed by atoms with Crippen molar-refractivity contribution < 1.29 is 18.0 Å². The molecule has 0 saturated carbocycles. The Kier molecular flexibility index (Phi) is 5.15. The third kappa shape index (κ3) is 4.73. The van der Waals surface area contributed by atoms with Crippen molar-refractivity contribution in [2.75, 3.05) is 6.54 Å². The van der Waals surface area contributed by atoms with E-state index in [1.165, 1.54) is 15.8 Å². The minimum absolute atomic E-state index is 0.0251. The van der Waals surface area contributed by atoms with Crippen LogP contribution in [0.4, 0.5) is 18.0 Å². The van der Waals surface area contributed by atoms with E-state index < -0.39 is 23.7 Å². The first-order valence-corrected chi connectivity index (χ1v) is 8.04. The van der Waals surface area contributed by atoms with E-state index in [0.29, 0.717) is 11.3 Å². The summed E-state index contributed by atoms with van der Waals surface area (Å²) < 4.78 is 41.0. The Balaban J connectivity index is 2.12. The van der Waals surface area contributed by atoms with Crippen molar-refractivity contribution in [3.63, 3.8) is 0 Å². The van der Waals surface area contributed by atoms with Crippen LogP contribution in [0.25, 0.3) is 0 Å². The Labute approximate surface area is 144 Å². The molecule has 0 bridgehead atoms. The Morgan fingerprint density at radius 3 is 2.56 bits per heavy atom. The fourth-order valence-electron chi connectivity index (χ4n) is 2.79. The molecule has 1 unspecified atom stereocenters. The highest BCUT2D eigenvalue weighted by atomic mass is 19.4. The van der Waals surface area contributed by atoms with E-state index in [4.69, 9.17) is 0 Å². The van der Waals surface area contributed by atoms with Gasteiger partial charge in [-0.25, -0.2) is 9.78 Å². The van der Waals surface area contributed by atoms with Crippen molar-refractivity contribution >= 4 is 6.03 Å². The molecule has 0 aliphatic carbocycles. The summed E-state index contributed by atoms with van der Waals surface area (Å²) in [5.74, 6) is 0. The van der Waals surface area contributed by atoms with Gasteiger partial charge in [-0.3, -0.25) is 4.79 Å². The first kappa shape index (κ1) is 19.3. The second-order valence-corrected chi connectivity index (χ2v) is 7.57. The van der Waals surface area contributed by atoms with Crippen LogP contribution in [0.1, 0.15) is 38.4 Å². The fourth-order valence-corrected chi connectivity index (χ4v) is 2.79. The highest BCUT2D eigenvalue weighted by Gasteiger charge is 2.43. The van der Waals surface area contributed by atoms with E-state index in [2.05, 4.69) is 10.3 Å². The van der Waals surface area contributed by atoms with Gasteiger partial charge in [0.1, 0.15) is 6.04 Å². The molecule has 1 aromatic rings. The number of carbonyl (C=O) groups is 1. The number of urea groups is 1. The largest absolute Gasteiger partial charge is 0.408 e. The monoisotopic (exact) mass is 360 g/mol. The molecule has 2 amide bonds. The highest BCUT2D eigenvalue weighted by Crippen LogP contribution is 2.30. The van der Waals surface area contributed by atoms with Gasteiger partial charge in [0, 0.05) is 19.2 Å². The van der Waals surface area contributed by atoms with Gasteiger partial charge in [-0.15, -0.1) is 0 Å². The molecule has 9 heteroatoms. The van der Waals surface area contributed by atoms with Crippen LogP contribution in [0.15, 0.2) is 11.1 Å². The first-order chi connectivity index (χ1) is 11.4. The lowest BCUT2D eigenvalue weighted by Gasteiger charge is -2.32. The van der Waals surface area contributed by atoms with Crippen molar-refractivity contribution in [1.82, 2.24) is 19.8 Å². The minimum Gasteiger partial charge on any atom is -0.326 e. The maximum Gasteiger partial charge on any atom is 0.408 e. The van der Waals surface area contributed by atoms with Gasteiger partial charge in [0.2, 0.25) is 0 Å². The molecule has 1 aromatic heterocycles. The van der Waals surface area contributed by atoms with Crippen molar-refractivity contribution in [3.8, 4) is 0 Å². The van der Waals surface area contributed by atoms with Gasteiger partial charge in [-0.2, -0.15) is 13.2 Å². The second-order valence-electron chi connectivity index (χ2n) is 7.57. The molecule has 140 valence electrons. The standard InChI is InChI=1S/C16H23F3N4O2/c1-15(2,3)7-12(16(17,18)19)21-14(25)23-6-5-10-11(8-23)20-9-22(4)13(10)24/h9,12H,5-8H2,1-4H3,(H,21,25). The lowest BCUT2D eigenvalue weighted by atomic mass is 9.88. The molecule has 25 heavy (non-hydrogen) atoms. The topological polar surface area (TPSA) is 67.2 Å². The smallest absolute Gasteiger partial charge is 0.326 e. The number of nitrogens with zero attached hydrogens (tertiary/aromatic N) is 3. The number of aryl methyl sites for hydroxylation is 1. The minimum atomic E-state index is -4.52. The van der Waals surface area contributed by atoms with Crippen molar-refractivity contribution in [1.29, 1.82) is 0 Å². The van der Waals surface area contributed by atoms with E-state index in [9.17, 15) is 22.8 Å². The fraction of sp³-hybridized carbons (Fsp3) is 0.688. The van der Waals surface area contributed by atoms with E-state index in [1.807, 2.05) is 0 Å². The number of aromatic nitrogens is 2. The van der Waals surface area contributed by atoms with Crippen LogP contribution in [-0.2, 0) is 20.0 Å². The van der Waals surface area contributed by atoms with Crippen LogP contribution in [0, 0.1) is 5.41 Å². The normalized spacial score (nSPS) is 16.4. The van der Waals surface area contributed by atoms with Gasteiger partial charge in [0.25, 0.3) is 5.56 Å². The maximum atomic E-state index is 13.2. The molecular formula is C16H23F3N4O2. The zero-order valence-electron chi connectivity index (χ0n) is 14.8. The molecule has 0 fully saturated rings. The number of amides is 2. The average molecular weight is 360 g/mol. The number of carbonyl (C=O) groups excluding carboxylic acids is 1. The van der Waals surface area contributed by atoms with Crippen LogP contribution in [0.3, 0.4) is 0 Å². The van der Waals surface area contributed by atoms with Gasteiger partial charge in [-0.1, -0.05) is 20.8 Å². The van der Waals surface area contributed by atoms with Crippen LogP contribution in [-0.4, -0.2) is 39.2 Å². The van der Waals surface area contributed by atoms with Gasteiger partial charge in [0.05, 0.1) is 18.6 Å². The van der Waals surface area contributed by atoms with Crippen LogP contribution in [0.2, 0.25) is 0 Å². The van der Waals surface area contributed by atoms with Gasteiger partial charge >= 0.3 is 12.2 Å². The van der Waals surface area contributed by atoms with Crippen LogP contribution >= 0.6 is 0 Å². The third-order valence-electron chi connectivity index (χ3n) is 4.08. The molecule has 2 heterocycles. The Morgan fingerprint density at radius 2 is 2.00 bits per heavy atom. The van der Waals surface area contributed by atoms with Gasteiger partial charge in [-0.05, 0) is 18.3 Å². The summed E-state index contributed by atoms with van der Waals surface area (Å²) in [6, 6.07) is -2.71. The summed E-state index contributed by atoms with van der Waals surface area (Å²) in [6.07, 6.45) is -3.11. The first-order valence-electron chi connectivity index (χ1n) is 8.04. The molecule has 6 nitrogen and oxygen atoms in total. The van der Waals surface area contributed by atoms with Crippen LogP contribution in [0.5, 0.6) is 0 Å². The predicted molar refractivity (Wildman–Crippen MR) is 86.0 cm³/mol. The molecule has 2 rings (SSSR count). The molecule has 0 spiro atoms. The Hall–Kier alpha value is -2.06. The summed E-state index contributed by atoms with van der Waals surface area (Å²) >= 11 is 0. The summed E-state index contributed by atoms with van der Waals surface area (Å²) in [5, 5.41) is 2.09. The van der Waals surface area contributed by atoms with E-state index >= 15 is 0 Å². The molecule has 0 saturated heterocycles. The quantitative estimate of drug-likeness (QED) is 0.879. The SMILES string of the molecule is Cn1cnc2c(c1=O)CCN(C(=O)NC(CC(C)(C)C)C(F)(F)F)C2. The predicted octanol–water partition coefficient (Wildman–Crippen LogP) is 2.22. The Morgan fingerprint density at radius 1 is 1.36 bits per heavy atom. The van der Waals surface area contributed by atoms with E-state index in [-0.39, 0.29) is 31.5 Å². The van der Waals surface area contributed by atoms with Crippen molar-refractivity contribution in [2.24, 2.45) is 12.5 Å². The molecule has 1 aliphatic heterocycles. The third-order valence-corrected chi connectivity index (χ3v) is 4.08. The number of nitrogens with one attached hydrogen (secondary N) is 1. The summed E-state index contributed by atoms with van der Waals surface area (Å²) in [4.78, 5) is 29.7. The molecular weight excluding hydrogens is 337 g/mol. The van der Waals surface area contributed by atoms with E-state index in [0.717, 1.165) is 0 Å². The van der Waals surface area contributed by atoms with Crippen LogP contribution < -0.4 is 10.9 Å². The maximum absolute atomic E-state index is 13.2. The van der Waals surface area contributed by atoms with Gasteiger partial charge in [0.15, 0.2) is 0 Å². The second kappa shape index (κ2) is 6.68. The molecule has 0 aromatic carbocycles. The number of halogens is 3. The summed E-state index contributed by atoms with van der Waals surface area (Å²) in [5.41, 5.74) is 0.168. The molecule has 1 N–H and O–H groups in total. The molecule has 1 atom stereocenters. The highest BCUT2D eigenvalue weighted by molar-refractivity contribution is 5.75. The van der Waals surface area contributed by atoms with Crippen molar-refractivity contribution in [3.05, 3.63) is 27.9 Å². The molecule has 0 radical (unpaired) electrons. The summed E-state index contributed by atoms with van der Waals surface area (Å²) in [6.45, 7) is 5.27. The summed E-state index contributed by atoms with van der Waals surface area (Å²) in [7, 11) is 1.58. The average Bonchev–Trinajstić information content (AvgIpc) is 2.47. The number of hydrogen-bond donors (Lipinski definition) is 1. The lowest BCUT2D eigenvalue weighted by molar-refractivity contribution is -0.159. The van der Waals surface area contributed by atoms with E-state index in [1.54, 1.807) is 27.8 Å². The van der Waals surface area contributed by atoms with Crippen molar-refractivity contribution in [2.45, 2.75) is 52.4 Å². The zero-order valence-corrected chi connectivity index (χ0v) is 14.8. The molecule has 1 aliphatic rings. The number of hydrogen-bond acceptors (Lipinski definition) is 3.